The van der Waals surface area contributed by atoms with E-state index in [0.717, 1.165) is 31.9 Å². The Labute approximate surface area is 181 Å². The second-order valence-electron chi connectivity index (χ2n) is 5.36. The molecule has 4 atom stereocenters. The molecule has 1 aliphatic heterocycles. The molecular weight excluding hydrogens is 471 g/mol. The van der Waals surface area contributed by atoms with Gasteiger partial charge in [0.1, 0.15) is 0 Å². The fourth-order valence-corrected chi connectivity index (χ4v) is 2.03. The molecule has 1 heterocycles. The maximum absolute atomic E-state index is 11.1. The number of rotatable bonds is 3. The van der Waals surface area contributed by atoms with Gasteiger partial charge in [0.25, 0.3) is 0 Å². The second kappa shape index (κ2) is 14.8. The van der Waals surface area contributed by atoms with Gasteiger partial charge in [-0.25, -0.2) is 0 Å². The van der Waals surface area contributed by atoms with Crippen LogP contribution < -0.4 is 15.3 Å². The van der Waals surface area contributed by atoms with E-state index in [2.05, 4.69) is 0 Å². The molecule has 12 heteroatoms. The van der Waals surface area contributed by atoms with Crippen LogP contribution in [0.15, 0.2) is 24.3 Å². The number of fused-ring (bicyclic) bond motifs is 1. The molecule has 1 aromatic carbocycles. The molecule has 0 saturated heterocycles. The standard InChI is InChI=1S/C8H5O2.3C3H6O3.Zr/c9-8-7-4-2-1-3-6(7)5-10-8;3*1-2(4)3(5)6;/h1-5H;3*2,4H,1H3,(H,5,6);/q;;;;+3/p-3. The third kappa shape index (κ3) is 13.6. The molecule has 0 spiro atoms. The zero-order chi connectivity index (χ0) is 23.3. The molecule has 11 nitrogen and oxygen atoms in total. The molecule has 0 amide bonds. The second-order valence-corrected chi connectivity index (χ2v) is 6.65. The number of benzene rings is 1. The van der Waals surface area contributed by atoms with E-state index >= 15 is 0 Å². The number of ether oxygens (including phenoxy) is 1. The van der Waals surface area contributed by atoms with Crippen molar-refractivity contribution in [3.63, 3.8) is 0 Å². The van der Waals surface area contributed by atoms with Gasteiger partial charge in [-0.05, 0) is 20.8 Å². The van der Waals surface area contributed by atoms with Crippen LogP contribution in [0, 0.1) is 0 Å². The Kier molecular flexibility index (Phi) is 14.8. The number of aliphatic carboxylic acids is 3. The average molecular weight is 492 g/mol. The fourth-order valence-electron chi connectivity index (χ4n) is 1.15. The number of aliphatic hydroxyl groups is 3. The van der Waals surface area contributed by atoms with Gasteiger partial charge in [0.15, 0.2) is 0 Å². The predicted octanol–water partition coefficient (Wildman–Crippen LogP) is -4.25. The molecule has 0 fully saturated rings. The van der Waals surface area contributed by atoms with Gasteiger partial charge < -0.3 is 45.0 Å². The number of aliphatic hydroxyl groups excluding tert-OH is 3. The number of hydrogen-bond donors (Lipinski definition) is 3. The first kappa shape index (κ1) is 29.1. The molecule has 158 valence electrons. The number of carbonyl (C=O) groups excluding carboxylic acids is 4. The first-order valence-corrected chi connectivity index (χ1v) is 9.32. The van der Waals surface area contributed by atoms with E-state index in [4.69, 9.17) is 20.1 Å². The van der Waals surface area contributed by atoms with Crippen LogP contribution in [0.25, 0.3) is 0 Å². The van der Waals surface area contributed by atoms with Crippen LogP contribution in [0.1, 0.15) is 40.5 Å². The Morgan fingerprint density at radius 3 is 1.48 bits per heavy atom. The van der Waals surface area contributed by atoms with Gasteiger partial charge >= 0.3 is 79.4 Å². The van der Waals surface area contributed by atoms with Crippen LogP contribution in [0.5, 0.6) is 0 Å². The molecule has 1 aliphatic rings. The summed E-state index contributed by atoms with van der Waals surface area (Å²) in [5, 5.41) is 51.9. The van der Waals surface area contributed by atoms with Gasteiger partial charge in [0, 0.05) is 0 Å². The van der Waals surface area contributed by atoms with Crippen molar-refractivity contribution in [3.05, 3.63) is 35.4 Å². The van der Waals surface area contributed by atoms with Crippen LogP contribution >= 0.6 is 0 Å². The Morgan fingerprint density at radius 2 is 1.21 bits per heavy atom. The number of carboxylic acids is 3. The number of cyclic esters (lactones) is 1. The first-order valence-electron chi connectivity index (χ1n) is 7.90. The van der Waals surface area contributed by atoms with Crippen molar-refractivity contribution in [2.24, 2.45) is 0 Å². The third-order valence-electron chi connectivity index (χ3n) is 2.71. The van der Waals surface area contributed by atoms with Crippen LogP contribution in [0.4, 0.5) is 0 Å². The number of hydrogen-bond acceptors (Lipinski definition) is 11. The van der Waals surface area contributed by atoms with Crippen molar-refractivity contribution < 1.29 is 79.3 Å². The summed E-state index contributed by atoms with van der Waals surface area (Å²) in [5.41, 5.74) is 1.77. The summed E-state index contributed by atoms with van der Waals surface area (Å²) in [6.07, 6.45) is -4.03. The predicted molar refractivity (Wildman–Crippen MR) is 84.7 cm³/mol. The Morgan fingerprint density at radius 1 is 0.897 bits per heavy atom. The maximum atomic E-state index is 11.1. The minimum absolute atomic E-state index is 0.0194. The SMILES string of the molecule is CC(O)C(=O)[O-].CC(O)C(=O)[O-].CC(O)C(=O)[O-].O=C1O[CH]([Zr+3])c2ccccc21. The quantitative estimate of drug-likeness (QED) is 0.345. The van der Waals surface area contributed by atoms with E-state index in [0.29, 0.717) is 0 Å². The van der Waals surface area contributed by atoms with E-state index in [-0.39, 0.29) is 9.78 Å². The van der Waals surface area contributed by atoms with Crippen molar-refractivity contribution >= 4 is 23.9 Å². The van der Waals surface area contributed by atoms with E-state index in [1.165, 1.54) is 24.7 Å². The average Bonchev–Trinajstić information content (AvgIpc) is 2.91. The van der Waals surface area contributed by atoms with Gasteiger partial charge in [-0.2, -0.15) is 0 Å². The zero-order valence-corrected chi connectivity index (χ0v) is 18.2. The summed E-state index contributed by atoms with van der Waals surface area (Å²) < 4.78 is 5.05. The summed E-state index contributed by atoms with van der Waals surface area (Å²) >= 11 is 1.23. The van der Waals surface area contributed by atoms with Gasteiger partial charge in [-0.3, -0.25) is 0 Å². The van der Waals surface area contributed by atoms with Crippen LogP contribution in [0.2, 0.25) is 0 Å². The van der Waals surface area contributed by atoms with Crippen LogP contribution in [-0.2, 0) is 43.8 Å². The fraction of sp³-hybridized carbons (Fsp3) is 0.412. The summed E-state index contributed by atoms with van der Waals surface area (Å²) in [5.74, 6) is -4.48. The Hall–Kier alpha value is -2.14. The molecule has 0 bridgehead atoms. The number of esters is 1. The molecule has 3 N–H and O–H groups in total. The van der Waals surface area contributed by atoms with Crippen molar-refractivity contribution in [1.29, 1.82) is 0 Å². The van der Waals surface area contributed by atoms with Crippen molar-refractivity contribution in [2.45, 2.75) is 42.9 Å². The van der Waals surface area contributed by atoms with Crippen molar-refractivity contribution in [1.82, 2.24) is 0 Å². The molecule has 1 aromatic rings. The van der Waals surface area contributed by atoms with E-state index in [1.54, 1.807) is 0 Å². The summed E-state index contributed by atoms with van der Waals surface area (Å²) in [6, 6.07) is 7.54. The summed E-state index contributed by atoms with van der Waals surface area (Å²) in [4.78, 5) is 39.1. The molecular formula is C17H20O11Zr. The van der Waals surface area contributed by atoms with E-state index in [9.17, 15) is 34.5 Å². The zero-order valence-electron chi connectivity index (χ0n) is 15.7. The molecule has 0 aliphatic carbocycles. The first-order chi connectivity index (χ1) is 13.2. The van der Waals surface area contributed by atoms with Crippen LogP contribution in [-0.4, -0.2) is 57.5 Å². The van der Waals surface area contributed by atoms with Crippen LogP contribution in [0.3, 0.4) is 0 Å². The van der Waals surface area contributed by atoms with Gasteiger partial charge in [0.2, 0.25) is 0 Å². The molecule has 2 rings (SSSR count). The summed E-state index contributed by atoms with van der Waals surface area (Å²) in [7, 11) is 0. The molecule has 0 saturated carbocycles. The third-order valence-corrected chi connectivity index (χ3v) is 3.77. The normalized spacial score (nSPS) is 16.6. The van der Waals surface area contributed by atoms with Gasteiger partial charge in [-0.1, -0.05) is 0 Å². The van der Waals surface area contributed by atoms with Crippen molar-refractivity contribution in [3.8, 4) is 0 Å². The Bertz CT molecular complexity index is 643. The molecule has 0 radical (unpaired) electrons. The molecule has 29 heavy (non-hydrogen) atoms. The number of carboxylic acid groups (broad SMARTS) is 3. The topological polar surface area (TPSA) is 207 Å². The summed E-state index contributed by atoms with van der Waals surface area (Å²) in [6.45, 7) is 3.40. The number of carbonyl (C=O) groups is 4. The Balaban J connectivity index is 0. The van der Waals surface area contributed by atoms with E-state index in [1.807, 2.05) is 24.3 Å². The van der Waals surface area contributed by atoms with Crippen molar-refractivity contribution in [2.75, 3.05) is 0 Å². The van der Waals surface area contributed by atoms with E-state index < -0.39 is 36.2 Å². The monoisotopic (exact) mass is 490 g/mol. The van der Waals surface area contributed by atoms with Gasteiger partial charge in [-0.15, -0.1) is 0 Å². The molecule has 4 unspecified atom stereocenters. The van der Waals surface area contributed by atoms with Gasteiger partial charge in [0.05, 0.1) is 36.2 Å². The molecule has 0 aromatic heterocycles. The minimum atomic E-state index is -1.44.